The number of hydrogen-bond donors (Lipinski definition) is 1. The lowest BCUT2D eigenvalue weighted by Gasteiger charge is -2.07. The Balaban J connectivity index is 2.21. The molecule has 0 fully saturated rings. The van der Waals surface area contributed by atoms with E-state index in [0.717, 1.165) is 11.1 Å². The summed E-state index contributed by atoms with van der Waals surface area (Å²) in [6.07, 6.45) is 1.20. The molecule has 0 radical (unpaired) electrons. The molecule has 1 aromatic carbocycles. The maximum Gasteiger partial charge on any atom is 0.309 e. The van der Waals surface area contributed by atoms with Crippen molar-refractivity contribution in [2.24, 2.45) is 5.92 Å². The van der Waals surface area contributed by atoms with Gasteiger partial charge in [0.2, 0.25) is 0 Å². The van der Waals surface area contributed by atoms with Crippen LogP contribution in [-0.4, -0.2) is 17.7 Å². The van der Waals surface area contributed by atoms with Gasteiger partial charge in [-0.15, -0.1) is 0 Å². The first-order chi connectivity index (χ1) is 7.63. The van der Waals surface area contributed by atoms with Gasteiger partial charge in [-0.05, 0) is 37.0 Å². The molecule has 0 aromatic heterocycles. The van der Waals surface area contributed by atoms with Crippen LogP contribution < -0.4 is 0 Å². The number of esters is 1. The Hall–Kier alpha value is -1.22. The Morgan fingerprint density at radius 3 is 3.00 bits per heavy atom. The highest BCUT2D eigenvalue weighted by molar-refractivity contribution is 6.33. The van der Waals surface area contributed by atoms with Crippen LogP contribution in [0.25, 0.3) is 0 Å². The number of ether oxygens (including phenoxy) is 1. The minimum absolute atomic E-state index is 0.0740. The molecule has 86 valence electrons. The van der Waals surface area contributed by atoms with Crippen LogP contribution in [0.15, 0.2) is 12.1 Å². The molecule has 0 aliphatic heterocycles. The van der Waals surface area contributed by atoms with Gasteiger partial charge in [-0.2, -0.15) is 0 Å². The lowest BCUT2D eigenvalue weighted by molar-refractivity contribution is -0.147. The minimum atomic E-state index is -0.186. The fourth-order valence-electron chi connectivity index (χ4n) is 2.07. The molecule has 0 spiro atoms. The topological polar surface area (TPSA) is 46.5 Å². The zero-order valence-electron chi connectivity index (χ0n) is 9.00. The molecule has 0 amide bonds. The van der Waals surface area contributed by atoms with Gasteiger partial charge >= 0.3 is 5.97 Å². The van der Waals surface area contributed by atoms with E-state index in [4.69, 9.17) is 16.3 Å². The molecule has 1 N–H and O–H groups in total. The van der Waals surface area contributed by atoms with Gasteiger partial charge in [-0.25, -0.2) is 0 Å². The minimum Gasteiger partial charge on any atom is -0.506 e. The fourth-order valence-corrected chi connectivity index (χ4v) is 2.33. The van der Waals surface area contributed by atoms with Crippen LogP contribution >= 0.6 is 11.6 Å². The molecule has 16 heavy (non-hydrogen) atoms. The Morgan fingerprint density at radius 2 is 2.31 bits per heavy atom. The van der Waals surface area contributed by atoms with Crippen molar-refractivity contribution in [3.05, 3.63) is 28.3 Å². The van der Waals surface area contributed by atoms with E-state index in [2.05, 4.69) is 0 Å². The number of carbonyl (C=O) groups is 1. The van der Waals surface area contributed by atoms with Crippen molar-refractivity contribution in [1.29, 1.82) is 0 Å². The van der Waals surface area contributed by atoms with E-state index in [9.17, 15) is 9.90 Å². The maximum atomic E-state index is 11.6. The molecule has 2 rings (SSSR count). The van der Waals surface area contributed by atoms with Gasteiger partial charge in [0.15, 0.2) is 0 Å². The number of benzene rings is 1. The molecule has 3 nitrogen and oxygen atoms in total. The number of phenolic OH excluding ortho intramolecular Hbond substituents is 1. The van der Waals surface area contributed by atoms with Crippen LogP contribution in [0.1, 0.15) is 18.1 Å². The van der Waals surface area contributed by atoms with Crippen molar-refractivity contribution in [1.82, 2.24) is 0 Å². The number of hydrogen-bond acceptors (Lipinski definition) is 3. The van der Waals surface area contributed by atoms with Crippen molar-refractivity contribution in [3.8, 4) is 5.75 Å². The van der Waals surface area contributed by atoms with E-state index >= 15 is 0 Å². The Morgan fingerprint density at radius 1 is 1.56 bits per heavy atom. The highest BCUT2D eigenvalue weighted by atomic mass is 35.5. The van der Waals surface area contributed by atoms with Crippen LogP contribution in [-0.2, 0) is 22.4 Å². The van der Waals surface area contributed by atoms with Gasteiger partial charge in [0.1, 0.15) is 5.75 Å². The quantitative estimate of drug-likeness (QED) is 0.807. The number of carbonyl (C=O) groups excluding carboxylic acids is 1. The molecule has 1 aliphatic carbocycles. The second-order valence-electron chi connectivity index (χ2n) is 3.89. The molecular weight excluding hydrogens is 228 g/mol. The third-order valence-corrected chi connectivity index (χ3v) is 3.28. The predicted octanol–water partition coefficient (Wildman–Crippen LogP) is 2.32. The first-order valence-electron chi connectivity index (χ1n) is 5.29. The van der Waals surface area contributed by atoms with Crippen molar-refractivity contribution >= 4 is 17.6 Å². The van der Waals surface area contributed by atoms with Crippen LogP contribution in [0, 0.1) is 5.92 Å². The van der Waals surface area contributed by atoms with Gasteiger partial charge in [0.05, 0.1) is 17.5 Å². The van der Waals surface area contributed by atoms with E-state index in [1.54, 1.807) is 13.0 Å². The summed E-state index contributed by atoms with van der Waals surface area (Å²) in [5, 5.41) is 9.83. The molecule has 0 bridgehead atoms. The van der Waals surface area contributed by atoms with Crippen LogP contribution in [0.4, 0.5) is 0 Å². The van der Waals surface area contributed by atoms with Crippen molar-refractivity contribution in [2.45, 2.75) is 19.8 Å². The first kappa shape index (κ1) is 11.3. The second-order valence-corrected chi connectivity index (χ2v) is 4.27. The van der Waals surface area contributed by atoms with Gasteiger partial charge in [0.25, 0.3) is 0 Å². The lowest BCUT2D eigenvalue weighted by atomic mass is 10.1. The maximum absolute atomic E-state index is 11.6. The fraction of sp³-hybridized carbons (Fsp3) is 0.417. The molecular formula is C12H13ClO3. The standard InChI is InChI=1S/C12H13ClO3/c1-2-16-12(15)8-5-7-3-4-10(14)11(13)9(7)6-8/h3-4,8,14H,2,5-6H2,1H3. The molecule has 1 aromatic rings. The summed E-state index contributed by atoms with van der Waals surface area (Å²) in [5.74, 6) is -0.270. The van der Waals surface area contributed by atoms with E-state index in [0.29, 0.717) is 24.5 Å². The summed E-state index contributed by atoms with van der Waals surface area (Å²) >= 11 is 5.98. The first-order valence-corrected chi connectivity index (χ1v) is 5.67. The van der Waals surface area contributed by atoms with Crippen molar-refractivity contribution in [3.63, 3.8) is 0 Å². The summed E-state index contributed by atoms with van der Waals surface area (Å²) in [5.41, 5.74) is 1.90. The second kappa shape index (κ2) is 4.34. The monoisotopic (exact) mass is 240 g/mol. The summed E-state index contributed by atoms with van der Waals surface area (Å²) in [6.45, 7) is 2.18. The summed E-state index contributed by atoms with van der Waals surface area (Å²) in [4.78, 5) is 11.6. The van der Waals surface area contributed by atoms with Crippen LogP contribution in [0.3, 0.4) is 0 Å². The molecule has 0 saturated heterocycles. The number of fused-ring (bicyclic) bond motifs is 1. The number of rotatable bonds is 2. The molecule has 1 unspecified atom stereocenters. The normalized spacial score (nSPS) is 18.2. The molecule has 0 saturated carbocycles. The number of phenols is 1. The van der Waals surface area contributed by atoms with E-state index in [1.807, 2.05) is 6.07 Å². The van der Waals surface area contributed by atoms with Crippen molar-refractivity contribution < 1.29 is 14.6 Å². The highest BCUT2D eigenvalue weighted by Crippen LogP contribution is 2.37. The number of aromatic hydroxyl groups is 1. The SMILES string of the molecule is CCOC(=O)C1Cc2ccc(O)c(Cl)c2C1. The van der Waals surface area contributed by atoms with Crippen LogP contribution in [0.5, 0.6) is 5.75 Å². The summed E-state index contributed by atoms with van der Waals surface area (Å²) in [7, 11) is 0. The summed E-state index contributed by atoms with van der Waals surface area (Å²) < 4.78 is 4.98. The van der Waals surface area contributed by atoms with Gasteiger partial charge in [0, 0.05) is 0 Å². The Bertz CT molecular complexity index is 429. The lowest BCUT2D eigenvalue weighted by Crippen LogP contribution is -2.17. The molecule has 1 atom stereocenters. The van der Waals surface area contributed by atoms with Crippen LogP contribution in [0.2, 0.25) is 5.02 Å². The zero-order chi connectivity index (χ0) is 11.7. The number of halogens is 1. The third kappa shape index (κ3) is 1.87. The summed E-state index contributed by atoms with van der Waals surface area (Å²) in [6, 6.07) is 3.38. The third-order valence-electron chi connectivity index (χ3n) is 2.86. The molecule has 1 aliphatic rings. The van der Waals surface area contributed by atoms with E-state index < -0.39 is 0 Å². The molecule has 4 heteroatoms. The molecule has 0 heterocycles. The van der Waals surface area contributed by atoms with Gasteiger partial charge < -0.3 is 9.84 Å². The predicted molar refractivity (Wildman–Crippen MR) is 60.6 cm³/mol. The van der Waals surface area contributed by atoms with E-state index in [-0.39, 0.29) is 17.6 Å². The Kier molecular flexibility index (Phi) is 3.06. The Labute approximate surface area is 99.0 Å². The van der Waals surface area contributed by atoms with Crippen molar-refractivity contribution in [2.75, 3.05) is 6.61 Å². The average molecular weight is 241 g/mol. The zero-order valence-corrected chi connectivity index (χ0v) is 9.75. The average Bonchev–Trinajstić information content (AvgIpc) is 2.69. The van der Waals surface area contributed by atoms with Gasteiger partial charge in [-0.3, -0.25) is 4.79 Å². The van der Waals surface area contributed by atoms with Gasteiger partial charge in [-0.1, -0.05) is 17.7 Å². The highest BCUT2D eigenvalue weighted by Gasteiger charge is 2.30. The van der Waals surface area contributed by atoms with E-state index in [1.165, 1.54) is 0 Å². The smallest absolute Gasteiger partial charge is 0.309 e. The largest absolute Gasteiger partial charge is 0.506 e.